The van der Waals surface area contributed by atoms with Crippen LogP contribution in [0.4, 0.5) is 0 Å². The van der Waals surface area contributed by atoms with Gasteiger partial charge in [-0.05, 0) is 36.4 Å². The summed E-state index contributed by atoms with van der Waals surface area (Å²) >= 11 is 1.58. The first-order chi connectivity index (χ1) is 15.2. The molecule has 154 valence electrons. The molecule has 0 atom stereocenters. The van der Waals surface area contributed by atoms with Crippen molar-refractivity contribution >= 4 is 27.5 Å². The van der Waals surface area contributed by atoms with Gasteiger partial charge in [0.1, 0.15) is 5.76 Å². The van der Waals surface area contributed by atoms with Gasteiger partial charge in [-0.1, -0.05) is 17.3 Å². The Hall–Kier alpha value is -3.85. The van der Waals surface area contributed by atoms with Gasteiger partial charge in [-0.3, -0.25) is 9.78 Å². The molecule has 8 nitrogen and oxygen atoms in total. The molecule has 0 saturated carbocycles. The Balaban J connectivity index is 1.14. The molecule has 4 heterocycles. The Kier molecular flexibility index (Phi) is 5.24. The maximum Gasteiger partial charge on any atom is 0.227 e. The number of hydrogen-bond donors (Lipinski definition) is 1. The second-order valence-corrected chi connectivity index (χ2v) is 7.81. The van der Waals surface area contributed by atoms with E-state index in [1.165, 1.54) is 0 Å². The lowest BCUT2D eigenvalue weighted by molar-refractivity contribution is -0.121. The standard InChI is InChI=1S/C22H17N5O3S/c28-19(7-8-20-26-21(27-30-20)14-9-11-23-12-10-14)24-13-15-5-6-17(29-15)22-25-16-3-1-2-4-18(16)31-22/h1-6,9-12H,7-8,13H2,(H,24,28). The zero-order valence-electron chi connectivity index (χ0n) is 16.3. The van der Waals surface area contributed by atoms with Crippen LogP contribution in [0.15, 0.2) is 69.9 Å². The van der Waals surface area contributed by atoms with E-state index in [4.69, 9.17) is 8.94 Å². The molecule has 1 amide bonds. The largest absolute Gasteiger partial charge is 0.457 e. The second-order valence-electron chi connectivity index (χ2n) is 6.78. The van der Waals surface area contributed by atoms with Crippen molar-refractivity contribution in [1.29, 1.82) is 0 Å². The number of amides is 1. The van der Waals surface area contributed by atoms with Crippen LogP contribution in [0.5, 0.6) is 0 Å². The Morgan fingerprint density at radius 2 is 1.90 bits per heavy atom. The number of carbonyl (C=O) groups is 1. The van der Waals surface area contributed by atoms with Gasteiger partial charge in [-0.2, -0.15) is 4.98 Å². The van der Waals surface area contributed by atoms with E-state index >= 15 is 0 Å². The van der Waals surface area contributed by atoms with Crippen LogP contribution in [-0.4, -0.2) is 26.0 Å². The summed E-state index contributed by atoms with van der Waals surface area (Å²) in [5.74, 6) is 2.13. The Morgan fingerprint density at radius 1 is 1.03 bits per heavy atom. The third-order valence-corrected chi connectivity index (χ3v) is 5.65. The van der Waals surface area contributed by atoms with E-state index in [9.17, 15) is 4.79 Å². The molecule has 0 fully saturated rings. The number of para-hydroxylation sites is 1. The normalized spacial score (nSPS) is 11.1. The quantitative estimate of drug-likeness (QED) is 0.410. The number of benzene rings is 1. The summed E-state index contributed by atoms with van der Waals surface area (Å²) in [4.78, 5) is 25.1. The average molecular weight is 431 g/mol. The summed E-state index contributed by atoms with van der Waals surface area (Å²) in [5.41, 5.74) is 1.76. The van der Waals surface area contributed by atoms with Gasteiger partial charge in [0, 0.05) is 30.8 Å². The minimum Gasteiger partial charge on any atom is -0.457 e. The van der Waals surface area contributed by atoms with Gasteiger partial charge in [-0.25, -0.2) is 4.98 Å². The summed E-state index contributed by atoms with van der Waals surface area (Å²) in [7, 11) is 0. The molecule has 1 aromatic carbocycles. The van der Waals surface area contributed by atoms with Crippen molar-refractivity contribution < 1.29 is 13.7 Å². The first-order valence-electron chi connectivity index (χ1n) is 9.69. The maximum atomic E-state index is 12.2. The number of rotatable bonds is 7. The molecule has 5 rings (SSSR count). The van der Waals surface area contributed by atoms with Gasteiger partial charge in [0.15, 0.2) is 10.8 Å². The van der Waals surface area contributed by atoms with Crippen LogP contribution >= 0.6 is 11.3 Å². The maximum absolute atomic E-state index is 12.2. The first-order valence-corrected chi connectivity index (χ1v) is 10.5. The third kappa shape index (κ3) is 4.36. The number of carbonyl (C=O) groups excluding carboxylic acids is 1. The molecule has 0 saturated heterocycles. The predicted molar refractivity (Wildman–Crippen MR) is 115 cm³/mol. The van der Waals surface area contributed by atoms with Crippen molar-refractivity contribution in [3.8, 4) is 22.2 Å². The van der Waals surface area contributed by atoms with E-state index in [0.29, 0.717) is 36.2 Å². The van der Waals surface area contributed by atoms with E-state index in [2.05, 4.69) is 25.4 Å². The van der Waals surface area contributed by atoms with Gasteiger partial charge in [0.05, 0.1) is 16.8 Å². The molecule has 0 aliphatic rings. The highest BCUT2D eigenvalue weighted by Gasteiger charge is 2.13. The second kappa shape index (κ2) is 8.49. The zero-order chi connectivity index (χ0) is 21.0. The molecular formula is C22H17N5O3S. The van der Waals surface area contributed by atoms with E-state index in [1.54, 1.807) is 35.9 Å². The average Bonchev–Trinajstić information content (AvgIpc) is 3.56. The van der Waals surface area contributed by atoms with E-state index < -0.39 is 0 Å². The lowest BCUT2D eigenvalue weighted by Gasteiger charge is -2.01. The van der Waals surface area contributed by atoms with Crippen LogP contribution < -0.4 is 5.32 Å². The van der Waals surface area contributed by atoms with Crippen LogP contribution in [0.3, 0.4) is 0 Å². The van der Waals surface area contributed by atoms with Crippen molar-refractivity contribution in [2.24, 2.45) is 0 Å². The molecule has 0 aliphatic carbocycles. The summed E-state index contributed by atoms with van der Waals surface area (Å²) < 4.78 is 12.2. The minimum absolute atomic E-state index is 0.124. The number of furan rings is 1. The third-order valence-electron chi connectivity index (χ3n) is 4.60. The van der Waals surface area contributed by atoms with Crippen molar-refractivity contribution in [2.45, 2.75) is 19.4 Å². The number of fused-ring (bicyclic) bond motifs is 1. The smallest absolute Gasteiger partial charge is 0.227 e. The van der Waals surface area contributed by atoms with E-state index in [-0.39, 0.29) is 12.3 Å². The molecule has 0 bridgehead atoms. The molecule has 5 aromatic rings. The fraction of sp³-hybridized carbons (Fsp3) is 0.136. The number of pyridine rings is 1. The Morgan fingerprint density at radius 3 is 2.77 bits per heavy atom. The Bertz CT molecular complexity index is 1290. The topological polar surface area (TPSA) is 107 Å². The number of aromatic nitrogens is 4. The SMILES string of the molecule is O=C(CCc1nc(-c2ccncc2)no1)NCc1ccc(-c2nc3ccccc3s2)o1. The number of aryl methyl sites for hydroxylation is 1. The molecule has 9 heteroatoms. The van der Waals surface area contributed by atoms with Crippen LogP contribution in [0, 0.1) is 0 Å². The molecule has 4 aromatic heterocycles. The first kappa shape index (κ1) is 19.1. The molecule has 0 spiro atoms. The number of hydrogen-bond acceptors (Lipinski definition) is 8. The van der Waals surface area contributed by atoms with E-state index in [1.807, 2.05) is 36.4 Å². The summed E-state index contributed by atoms with van der Waals surface area (Å²) in [6.45, 7) is 0.301. The highest BCUT2D eigenvalue weighted by Crippen LogP contribution is 2.31. The fourth-order valence-corrected chi connectivity index (χ4v) is 3.96. The predicted octanol–water partition coefficient (Wildman–Crippen LogP) is 4.25. The zero-order valence-corrected chi connectivity index (χ0v) is 17.1. The van der Waals surface area contributed by atoms with Gasteiger partial charge in [0.25, 0.3) is 0 Å². The van der Waals surface area contributed by atoms with Gasteiger partial charge >= 0.3 is 0 Å². The van der Waals surface area contributed by atoms with Crippen LogP contribution in [-0.2, 0) is 17.8 Å². The lowest BCUT2D eigenvalue weighted by atomic mass is 10.2. The molecule has 0 radical (unpaired) electrons. The van der Waals surface area contributed by atoms with Crippen molar-refractivity contribution in [2.75, 3.05) is 0 Å². The number of nitrogens with zero attached hydrogens (tertiary/aromatic N) is 4. The number of nitrogens with one attached hydrogen (secondary N) is 1. The highest BCUT2D eigenvalue weighted by molar-refractivity contribution is 7.21. The summed E-state index contributed by atoms with van der Waals surface area (Å²) in [6, 6.07) is 15.3. The Labute approximate surface area is 181 Å². The highest BCUT2D eigenvalue weighted by atomic mass is 32.1. The van der Waals surface area contributed by atoms with Crippen LogP contribution in [0.1, 0.15) is 18.1 Å². The summed E-state index contributed by atoms with van der Waals surface area (Å²) in [6.07, 6.45) is 3.92. The van der Waals surface area contributed by atoms with Crippen molar-refractivity contribution in [1.82, 2.24) is 25.4 Å². The monoisotopic (exact) mass is 431 g/mol. The molecule has 0 unspecified atom stereocenters. The van der Waals surface area contributed by atoms with Crippen molar-refractivity contribution in [3.63, 3.8) is 0 Å². The van der Waals surface area contributed by atoms with Crippen LogP contribution in [0.2, 0.25) is 0 Å². The van der Waals surface area contributed by atoms with E-state index in [0.717, 1.165) is 20.8 Å². The molecule has 0 aliphatic heterocycles. The van der Waals surface area contributed by atoms with Gasteiger partial charge in [0.2, 0.25) is 17.6 Å². The van der Waals surface area contributed by atoms with Gasteiger partial charge in [-0.15, -0.1) is 11.3 Å². The molecule has 1 N–H and O–H groups in total. The molecule has 31 heavy (non-hydrogen) atoms. The van der Waals surface area contributed by atoms with Crippen molar-refractivity contribution in [3.05, 3.63) is 72.6 Å². The minimum atomic E-state index is -0.124. The van der Waals surface area contributed by atoms with Crippen LogP contribution in [0.25, 0.3) is 32.4 Å². The lowest BCUT2D eigenvalue weighted by Crippen LogP contribution is -2.22. The molecular weight excluding hydrogens is 414 g/mol. The fourth-order valence-electron chi connectivity index (χ4n) is 3.03. The van der Waals surface area contributed by atoms with Gasteiger partial charge < -0.3 is 14.3 Å². The summed E-state index contributed by atoms with van der Waals surface area (Å²) in [5, 5.41) is 7.61. The number of thiazole rings is 1.